The maximum absolute atomic E-state index is 5.97. The Hall–Kier alpha value is -0.420. The molecule has 2 heterocycles. The third-order valence-electron chi connectivity index (χ3n) is 3.56. The summed E-state index contributed by atoms with van der Waals surface area (Å²) in [4.78, 5) is 7.82. The van der Waals surface area contributed by atoms with E-state index in [0.717, 1.165) is 39.1 Å². The fourth-order valence-corrected chi connectivity index (χ4v) is 3.44. The zero-order valence-corrected chi connectivity index (χ0v) is 11.7. The summed E-state index contributed by atoms with van der Waals surface area (Å²) in [5, 5.41) is 0. The lowest BCUT2D eigenvalue weighted by Crippen LogP contribution is -2.47. The van der Waals surface area contributed by atoms with Gasteiger partial charge in [0, 0.05) is 42.5 Å². The van der Waals surface area contributed by atoms with Gasteiger partial charge in [-0.3, -0.25) is 4.90 Å². The normalized spacial score (nSPS) is 20.6. The van der Waals surface area contributed by atoms with Gasteiger partial charge in [-0.15, -0.1) is 11.3 Å². The van der Waals surface area contributed by atoms with Crippen molar-refractivity contribution in [2.24, 2.45) is 5.73 Å². The largest absolute Gasteiger partial charge is 0.329 e. The first kappa shape index (κ1) is 13.0. The number of hydrogen-bond donors (Lipinski definition) is 1. The minimum atomic E-state index is 0.425. The summed E-state index contributed by atoms with van der Waals surface area (Å²) < 4.78 is 0. The quantitative estimate of drug-likeness (QED) is 0.884. The average molecular weight is 253 g/mol. The van der Waals surface area contributed by atoms with Crippen LogP contribution in [0.1, 0.15) is 22.7 Å². The number of nitrogens with zero attached hydrogens (tertiary/aromatic N) is 2. The molecule has 1 fully saturated rings. The molecule has 1 saturated heterocycles. The van der Waals surface area contributed by atoms with Crippen LogP contribution in [0.2, 0.25) is 0 Å². The van der Waals surface area contributed by atoms with Gasteiger partial charge in [-0.2, -0.15) is 0 Å². The molecule has 0 radical (unpaired) electrons. The predicted molar refractivity (Wildman–Crippen MR) is 74.6 cm³/mol. The van der Waals surface area contributed by atoms with E-state index in [1.165, 1.54) is 9.75 Å². The lowest BCUT2D eigenvalue weighted by atomic mass is 10.1. The van der Waals surface area contributed by atoms with E-state index in [9.17, 15) is 0 Å². The van der Waals surface area contributed by atoms with Crippen molar-refractivity contribution in [3.63, 3.8) is 0 Å². The van der Waals surface area contributed by atoms with Crippen molar-refractivity contribution in [3.8, 4) is 0 Å². The molecule has 0 aliphatic carbocycles. The summed E-state index contributed by atoms with van der Waals surface area (Å²) in [6.07, 6.45) is 1.13. The van der Waals surface area contributed by atoms with E-state index in [1.54, 1.807) is 0 Å². The molecule has 3 nitrogen and oxygen atoms in total. The molecule has 0 amide bonds. The molecule has 1 aromatic heterocycles. The molecule has 0 bridgehead atoms. The Kier molecular flexibility index (Phi) is 4.56. The Labute approximate surface area is 108 Å². The van der Waals surface area contributed by atoms with Gasteiger partial charge < -0.3 is 10.6 Å². The van der Waals surface area contributed by atoms with Crippen LogP contribution < -0.4 is 5.73 Å². The second-order valence-corrected chi connectivity index (χ2v) is 5.95. The molecule has 4 heteroatoms. The smallest absolute Gasteiger partial charge is 0.0565 e. The van der Waals surface area contributed by atoms with Crippen molar-refractivity contribution in [2.75, 3.05) is 39.8 Å². The molecule has 1 aliphatic heterocycles. The van der Waals surface area contributed by atoms with Gasteiger partial charge in [0.05, 0.1) is 6.04 Å². The van der Waals surface area contributed by atoms with E-state index in [2.05, 4.69) is 35.9 Å². The van der Waals surface area contributed by atoms with Crippen molar-refractivity contribution in [1.82, 2.24) is 9.80 Å². The highest BCUT2D eigenvalue weighted by Crippen LogP contribution is 2.28. The lowest BCUT2D eigenvalue weighted by molar-refractivity contribution is 0.116. The topological polar surface area (TPSA) is 32.5 Å². The van der Waals surface area contributed by atoms with Crippen molar-refractivity contribution in [2.45, 2.75) is 19.4 Å². The third kappa shape index (κ3) is 3.07. The van der Waals surface area contributed by atoms with Gasteiger partial charge in [0.15, 0.2) is 0 Å². The first-order chi connectivity index (χ1) is 8.24. The number of hydrogen-bond acceptors (Lipinski definition) is 4. The van der Waals surface area contributed by atoms with Crippen molar-refractivity contribution >= 4 is 11.3 Å². The van der Waals surface area contributed by atoms with E-state index in [4.69, 9.17) is 5.73 Å². The summed E-state index contributed by atoms with van der Waals surface area (Å²) >= 11 is 1.92. The minimum Gasteiger partial charge on any atom is -0.329 e. The molecular formula is C13H23N3S. The summed E-state index contributed by atoms with van der Waals surface area (Å²) in [5.41, 5.74) is 5.97. The molecule has 1 unspecified atom stereocenters. The summed E-state index contributed by atoms with van der Waals surface area (Å²) in [5.74, 6) is 0. The van der Waals surface area contributed by atoms with Crippen molar-refractivity contribution < 1.29 is 0 Å². The molecule has 1 aliphatic rings. The number of aryl methyl sites for hydroxylation is 1. The van der Waals surface area contributed by atoms with Gasteiger partial charge in [0.25, 0.3) is 0 Å². The monoisotopic (exact) mass is 253 g/mol. The average Bonchev–Trinajstić information content (AvgIpc) is 2.81. The first-order valence-electron chi connectivity index (χ1n) is 6.46. The SMILES string of the molecule is CCc1ccc(C(CN)N2CCN(C)CC2)s1. The summed E-state index contributed by atoms with van der Waals surface area (Å²) in [6.45, 7) is 7.52. The van der Waals surface area contributed by atoms with Crippen LogP contribution in [0.4, 0.5) is 0 Å². The molecule has 1 atom stereocenters. The van der Waals surface area contributed by atoms with E-state index >= 15 is 0 Å². The summed E-state index contributed by atoms with van der Waals surface area (Å²) in [6, 6.07) is 4.94. The van der Waals surface area contributed by atoms with Crippen molar-refractivity contribution in [3.05, 3.63) is 21.9 Å². The Bertz CT molecular complexity index is 342. The van der Waals surface area contributed by atoms with Crippen molar-refractivity contribution in [1.29, 1.82) is 0 Å². The summed E-state index contributed by atoms with van der Waals surface area (Å²) in [7, 11) is 2.19. The van der Waals surface area contributed by atoms with Crippen LogP contribution in [0.5, 0.6) is 0 Å². The number of likely N-dealkylation sites (N-methyl/N-ethyl adjacent to an activating group) is 1. The maximum atomic E-state index is 5.97. The highest BCUT2D eigenvalue weighted by molar-refractivity contribution is 7.12. The fraction of sp³-hybridized carbons (Fsp3) is 0.692. The van der Waals surface area contributed by atoms with Gasteiger partial charge >= 0.3 is 0 Å². The zero-order valence-electron chi connectivity index (χ0n) is 10.9. The van der Waals surface area contributed by atoms with E-state index in [1.807, 2.05) is 11.3 Å². The first-order valence-corrected chi connectivity index (χ1v) is 7.27. The zero-order chi connectivity index (χ0) is 12.3. The molecule has 2 N–H and O–H groups in total. The third-order valence-corrected chi connectivity index (χ3v) is 4.89. The van der Waals surface area contributed by atoms with Crippen LogP contribution in [0, 0.1) is 0 Å². The second-order valence-electron chi connectivity index (χ2n) is 4.75. The van der Waals surface area contributed by atoms with Crippen LogP contribution in [0.15, 0.2) is 12.1 Å². The highest BCUT2D eigenvalue weighted by atomic mass is 32.1. The molecule has 0 spiro atoms. The molecule has 0 aromatic carbocycles. The highest BCUT2D eigenvalue weighted by Gasteiger charge is 2.23. The predicted octanol–water partition coefficient (Wildman–Crippen LogP) is 1.56. The molecule has 17 heavy (non-hydrogen) atoms. The van der Waals surface area contributed by atoms with Crippen LogP contribution in [0.25, 0.3) is 0 Å². The molecule has 1 aromatic rings. The maximum Gasteiger partial charge on any atom is 0.0565 e. The van der Waals surface area contributed by atoms with Crippen LogP contribution >= 0.6 is 11.3 Å². The standard InChI is InChI=1S/C13H23N3S/c1-3-11-4-5-13(17-11)12(10-14)16-8-6-15(2)7-9-16/h4-5,12H,3,6-10,14H2,1-2H3. The van der Waals surface area contributed by atoms with E-state index in [-0.39, 0.29) is 0 Å². The van der Waals surface area contributed by atoms with Gasteiger partial charge in [0.2, 0.25) is 0 Å². The number of thiophene rings is 1. The number of rotatable bonds is 4. The van der Waals surface area contributed by atoms with E-state index in [0.29, 0.717) is 6.04 Å². The second kappa shape index (κ2) is 5.96. The molecule has 96 valence electrons. The van der Waals surface area contributed by atoms with Gasteiger partial charge in [-0.05, 0) is 25.6 Å². The molecule has 0 saturated carbocycles. The van der Waals surface area contributed by atoms with E-state index < -0.39 is 0 Å². The van der Waals surface area contributed by atoms with Crippen LogP contribution in [0.3, 0.4) is 0 Å². The minimum absolute atomic E-state index is 0.425. The molecular weight excluding hydrogens is 230 g/mol. The molecule has 2 rings (SSSR count). The van der Waals surface area contributed by atoms with Gasteiger partial charge in [-0.25, -0.2) is 0 Å². The van der Waals surface area contributed by atoms with Gasteiger partial charge in [-0.1, -0.05) is 6.92 Å². The number of piperazine rings is 1. The Morgan fingerprint density at radius 1 is 1.29 bits per heavy atom. The van der Waals surface area contributed by atoms with Crippen LogP contribution in [-0.2, 0) is 6.42 Å². The Morgan fingerprint density at radius 2 is 2.00 bits per heavy atom. The number of nitrogens with two attached hydrogens (primary N) is 1. The van der Waals surface area contributed by atoms with Crippen LogP contribution in [-0.4, -0.2) is 49.6 Å². The Morgan fingerprint density at radius 3 is 2.53 bits per heavy atom. The van der Waals surface area contributed by atoms with Gasteiger partial charge in [0.1, 0.15) is 0 Å². The Balaban J connectivity index is 2.05. The lowest BCUT2D eigenvalue weighted by Gasteiger charge is -2.37. The fourth-order valence-electron chi connectivity index (χ4n) is 2.34.